The number of ether oxygens (including phenoxy) is 1. The van der Waals surface area contributed by atoms with Gasteiger partial charge in [0.2, 0.25) is 5.82 Å². The predicted octanol–water partition coefficient (Wildman–Crippen LogP) is 4.17. The highest BCUT2D eigenvalue weighted by Crippen LogP contribution is 2.31. The van der Waals surface area contributed by atoms with Crippen LogP contribution in [0.25, 0.3) is 0 Å². The molecule has 1 fully saturated rings. The van der Waals surface area contributed by atoms with Crippen molar-refractivity contribution in [3.63, 3.8) is 0 Å². The number of halogens is 3. The molecule has 110 valence electrons. The Hall–Kier alpha value is -1.53. The molecule has 0 radical (unpaired) electrons. The highest BCUT2D eigenvalue weighted by molar-refractivity contribution is 9.10. The zero-order valence-corrected chi connectivity index (χ0v) is 12.7. The lowest BCUT2D eigenvalue weighted by molar-refractivity contribution is 0.410. The molecule has 1 N–H and O–H groups in total. The predicted molar refractivity (Wildman–Crippen MR) is 78.2 cm³/mol. The second kappa shape index (κ2) is 6.07. The summed E-state index contributed by atoms with van der Waals surface area (Å²) >= 11 is 3.12. The molecule has 0 atom stereocenters. The first-order chi connectivity index (χ1) is 10.1. The molecule has 0 bridgehead atoms. The van der Waals surface area contributed by atoms with Crippen LogP contribution in [0, 0.1) is 11.6 Å². The number of benzene rings is 1. The molecule has 1 aliphatic rings. The third-order valence-electron chi connectivity index (χ3n) is 3.21. The first kappa shape index (κ1) is 14.4. The van der Waals surface area contributed by atoms with E-state index in [0.29, 0.717) is 22.8 Å². The van der Waals surface area contributed by atoms with Gasteiger partial charge in [0.05, 0.1) is 6.20 Å². The van der Waals surface area contributed by atoms with Gasteiger partial charge in [-0.15, -0.1) is 0 Å². The van der Waals surface area contributed by atoms with Crippen molar-refractivity contribution >= 4 is 15.9 Å². The van der Waals surface area contributed by atoms with E-state index in [4.69, 9.17) is 4.74 Å². The number of pyridine rings is 1. The molecule has 1 saturated carbocycles. The minimum absolute atomic E-state index is 0.164. The molecule has 0 aliphatic heterocycles. The van der Waals surface area contributed by atoms with Gasteiger partial charge in [-0.05, 0) is 31.0 Å². The van der Waals surface area contributed by atoms with Gasteiger partial charge in [0.25, 0.3) is 0 Å². The average Bonchev–Trinajstić information content (AvgIpc) is 3.27. The Kier molecular flexibility index (Phi) is 4.17. The van der Waals surface area contributed by atoms with Crippen LogP contribution in [0.2, 0.25) is 0 Å². The van der Waals surface area contributed by atoms with Crippen molar-refractivity contribution < 1.29 is 13.5 Å². The lowest BCUT2D eigenvalue weighted by Crippen LogP contribution is -2.15. The highest BCUT2D eigenvalue weighted by atomic mass is 79.9. The van der Waals surface area contributed by atoms with Gasteiger partial charge in [0.15, 0.2) is 11.6 Å². The number of aromatic nitrogens is 1. The fraction of sp³-hybridized carbons (Fsp3) is 0.267. The Balaban J connectivity index is 1.83. The van der Waals surface area contributed by atoms with Crippen LogP contribution >= 0.6 is 15.9 Å². The molecular weight excluding hydrogens is 342 g/mol. The van der Waals surface area contributed by atoms with Crippen LogP contribution in [0.15, 0.2) is 35.1 Å². The third kappa shape index (κ3) is 3.57. The molecule has 0 saturated heterocycles. The number of nitrogens with one attached hydrogen (secondary N) is 1. The molecule has 2 aromatic rings. The van der Waals surface area contributed by atoms with E-state index in [1.165, 1.54) is 25.1 Å². The smallest absolute Gasteiger partial charge is 0.201 e. The van der Waals surface area contributed by atoms with Gasteiger partial charge < -0.3 is 10.1 Å². The van der Waals surface area contributed by atoms with Gasteiger partial charge in [0, 0.05) is 28.8 Å². The van der Waals surface area contributed by atoms with E-state index in [0.717, 1.165) is 11.6 Å². The summed E-state index contributed by atoms with van der Waals surface area (Å²) in [6, 6.07) is 4.80. The molecule has 1 heterocycles. The maximum absolute atomic E-state index is 13.8. The Morgan fingerprint density at radius 3 is 2.86 bits per heavy atom. The van der Waals surface area contributed by atoms with Crippen LogP contribution in [-0.2, 0) is 6.54 Å². The summed E-state index contributed by atoms with van der Waals surface area (Å²) < 4.78 is 33.1. The summed E-state index contributed by atoms with van der Waals surface area (Å²) in [5, 5.41) is 3.35. The maximum Gasteiger partial charge on any atom is 0.201 e. The highest BCUT2D eigenvalue weighted by Gasteiger charge is 2.21. The normalized spacial score (nSPS) is 14.2. The van der Waals surface area contributed by atoms with E-state index in [1.54, 1.807) is 12.3 Å². The second-order valence-corrected chi connectivity index (χ2v) is 5.86. The van der Waals surface area contributed by atoms with E-state index in [-0.39, 0.29) is 5.75 Å². The summed E-state index contributed by atoms with van der Waals surface area (Å²) in [6.07, 6.45) is 5.50. The Morgan fingerprint density at radius 1 is 1.29 bits per heavy atom. The molecule has 1 aliphatic carbocycles. The van der Waals surface area contributed by atoms with E-state index >= 15 is 0 Å². The SMILES string of the molecule is Fc1cc(Br)cc(Oc2cnccc2CNC2CC2)c1F. The molecule has 0 spiro atoms. The monoisotopic (exact) mass is 354 g/mol. The Morgan fingerprint density at radius 2 is 2.10 bits per heavy atom. The third-order valence-corrected chi connectivity index (χ3v) is 3.67. The Bertz CT molecular complexity index is 662. The topological polar surface area (TPSA) is 34.1 Å². The lowest BCUT2D eigenvalue weighted by Gasteiger charge is -2.12. The number of hydrogen-bond donors (Lipinski definition) is 1. The average molecular weight is 355 g/mol. The van der Waals surface area contributed by atoms with Gasteiger partial charge in [-0.1, -0.05) is 15.9 Å². The number of rotatable bonds is 5. The lowest BCUT2D eigenvalue weighted by atomic mass is 10.2. The van der Waals surface area contributed by atoms with E-state index in [2.05, 4.69) is 26.2 Å². The van der Waals surface area contributed by atoms with Crippen molar-refractivity contribution in [2.75, 3.05) is 0 Å². The van der Waals surface area contributed by atoms with Crippen LogP contribution in [0.1, 0.15) is 18.4 Å². The zero-order chi connectivity index (χ0) is 14.8. The molecule has 6 heteroatoms. The molecule has 3 nitrogen and oxygen atoms in total. The van der Waals surface area contributed by atoms with Gasteiger partial charge in [-0.2, -0.15) is 4.39 Å². The van der Waals surface area contributed by atoms with Crippen molar-refractivity contribution in [3.05, 3.63) is 52.3 Å². The first-order valence-electron chi connectivity index (χ1n) is 6.62. The quantitative estimate of drug-likeness (QED) is 0.818. The van der Waals surface area contributed by atoms with E-state index in [1.807, 2.05) is 0 Å². The fourth-order valence-electron chi connectivity index (χ4n) is 1.91. The van der Waals surface area contributed by atoms with Crippen molar-refractivity contribution in [2.45, 2.75) is 25.4 Å². The van der Waals surface area contributed by atoms with Gasteiger partial charge in [-0.3, -0.25) is 4.98 Å². The van der Waals surface area contributed by atoms with Crippen molar-refractivity contribution in [1.29, 1.82) is 0 Å². The van der Waals surface area contributed by atoms with Crippen LogP contribution in [0.4, 0.5) is 8.78 Å². The maximum atomic E-state index is 13.8. The summed E-state index contributed by atoms with van der Waals surface area (Å²) in [7, 11) is 0. The number of nitrogens with zero attached hydrogens (tertiary/aromatic N) is 1. The van der Waals surface area contributed by atoms with Crippen molar-refractivity contribution in [3.8, 4) is 11.5 Å². The summed E-state index contributed by atoms with van der Waals surface area (Å²) in [6.45, 7) is 0.612. The van der Waals surface area contributed by atoms with E-state index in [9.17, 15) is 8.78 Å². The van der Waals surface area contributed by atoms with Gasteiger partial charge in [0.1, 0.15) is 5.75 Å². The summed E-state index contributed by atoms with van der Waals surface area (Å²) in [4.78, 5) is 3.98. The second-order valence-electron chi connectivity index (χ2n) is 4.94. The van der Waals surface area contributed by atoms with E-state index < -0.39 is 11.6 Å². The standard InChI is InChI=1S/C15H13BrF2N2O/c16-10-5-12(17)15(18)13(6-10)21-14-8-19-4-3-9(14)7-20-11-1-2-11/h3-6,8,11,20H,1-2,7H2. The molecule has 1 aromatic heterocycles. The molecule has 21 heavy (non-hydrogen) atoms. The zero-order valence-electron chi connectivity index (χ0n) is 11.1. The Labute approximate surface area is 129 Å². The van der Waals surface area contributed by atoms with Crippen LogP contribution in [0.3, 0.4) is 0 Å². The minimum Gasteiger partial charge on any atom is -0.452 e. The van der Waals surface area contributed by atoms with Crippen LogP contribution < -0.4 is 10.1 Å². The molecule has 3 rings (SSSR count). The fourth-order valence-corrected chi connectivity index (χ4v) is 2.32. The molecular formula is C15H13BrF2N2O. The van der Waals surface area contributed by atoms with Gasteiger partial charge in [-0.25, -0.2) is 4.39 Å². The minimum atomic E-state index is -1.01. The summed E-state index contributed by atoms with van der Waals surface area (Å²) in [5.74, 6) is -1.71. The molecule has 0 amide bonds. The van der Waals surface area contributed by atoms with Crippen LogP contribution in [-0.4, -0.2) is 11.0 Å². The largest absolute Gasteiger partial charge is 0.452 e. The van der Waals surface area contributed by atoms with Crippen LogP contribution in [0.5, 0.6) is 11.5 Å². The first-order valence-corrected chi connectivity index (χ1v) is 7.41. The van der Waals surface area contributed by atoms with Gasteiger partial charge >= 0.3 is 0 Å². The van der Waals surface area contributed by atoms with Crippen molar-refractivity contribution in [2.24, 2.45) is 0 Å². The van der Waals surface area contributed by atoms with Crippen molar-refractivity contribution in [1.82, 2.24) is 10.3 Å². The number of hydrogen-bond acceptors (Lipinski definition) is 3. The molecule has 0 unspecified atom stereocenters. The summed E-state index contributed by atoms with van der Waals surface area (Å²) in [5.41, 5.74) is 0.858. The molecule has 1 aromatic carbocycles.